The van der Waals surface area contributed by atoms with E-state index in [1.54, 1.807) is 23.7 Å². The monoisotopic (exact) mass is 271 g/mol. The van der Waals surface area contributed by atoms with Gasteiger partial charge >= 0.3 is 0 Å². The number of nitrogens with zero attached hydrogens (tertiary/aromatic N) is 3. The van der Waals surface area contributed by atoms with Gasteiger partial charge in [-0.25, -0.2) is 4.98 Å². The maximum atomic E-state index is 5.73. The maximum Gasteiger partial charge on any atom is 0.223 e. The fourth-order valence-corrected chi connectivity index (χ4v) is 2.69. The second-order valence-corrected chi connectivity index (χ2v) is 5.11. The summed E-state index contributed by atoms with van der Waals surface area (Å²) in [5, 5.41) is 6.36. The lowest BCUT2D eigenvalue weighted by Gasteiger charge is -2.15. The molecular formula is C13H13N5S. The molecule has 19 heavy (non-hydrogen) atoms. The Bertz CT molecular complexity index is 695. The highest BCUT2D eigenvalue weighted by Gasteiger charge is 2.11. The highest BCUT2D eigenvalue weighted by Crippen LogP contribution is 2.28. The van der Waals surface area contributed by atoms with Crippen LogP contribution in [0.15, 0.2) is 36.0 Å². The van der Waals surface area contributed by atoms with Crippen molar-refractivity contribution >= 4 is 33.3 Å². The molecule has 3 rings (SSSR count). The Morgan fingerprint density at radius 3 is 2.79 bits per heavy atom. The third-order valence-corrected chi connectivity index (χ3v) is 3.71. The fraction of sp³-hybridized carbons (Fsp3) is 0.154. The number of nitrogens with two attached hydrogens (primary N) is 1. The molecule has 0 saturated carbocycles. The van der Waals surface area contributed by atoms with Crippen LogP contribution in [-0.4, -0.2) is 15.0 Å². The molecule has 5 nitrogen and oxygen atoms in total. The molecule has 0 aliphatic heterocycles. The van der Waals surface area contributed by atoms with Gasteiger partial charge in [0.15, 0.2) is 0 Å². The number of anilines is 2. The molecule has 3 aromatic heterocycles. The first-order chi connectivity index (χ1) is 9.24. The van der Waals surface area contributed by atoms with E-state index in [1.165, 1.54) is 0 Å². The predicted molar refractivity (Wildman–Crippen MR) is 78.1 cm³/mol. The van der Waals surface area contributed by atoms with Gasteiger partial charge in [-0.05, 0) is 36.1 Å². The summed E-state index contributed by atoms with van der Waals surface area (Å²) in [6.07, 6.45) is 3.56. The molecule has 0 aliphatic rings. The molecular weight excluding hydrogens is 258 g/mol. The van der Waals surface area contributed by atoms with Crippen molar-refractivity contribution in [3.05, 3.63) is 41.5 Å². The first-order valence-corrected chi connectivity index (χ1v) is 6.79. The summed E-state index contributed by atoms with van der Waals surface area (Å²) in [7, 11) is 0. The number of hydrogen-bond acceptors (Lipinski definition) is 6. The molecule has 0 amide bonds. The molecule has 3 N–H and O–H groups in total. The number of thiophene rings is 1. The lowest BCUT2D eigenvalue weighted by atomic mass is 10.1. The predicted octanol–water partition coefficient (Wildman–Crippen LogP) is 2.84. The summed E-state index contributed by atoms with van der Waals surface area (Å²) in [5.74, 6) is 1.06. The molecule has 0 aliphatic carbocycles. The summed E-state index contributed by atoms with van der Waals surface area (Å²) in [6.45, 7) is 2.08. The van der Waals surface area contributed by atoms with Gasteiger partial charge in [-0.3, -0.25) is 4.98 Å². The van der Waals surface area contributed by atoms with Crippen LogP contribution >= 0.6 is 11.3 Å². The lowest BCUT2D eigenvalue weighted by molar-refractivity contribution is 0.873. The van der Waals surface area contributed by atoms with E-state index in [0.29, 0.717) is 5.95 Å². The van der Waals surface area contributed by atoms with Crippen LogP contribution in [0.3, 0.4) is 0 Å². The van der Waals surface area contributed by atoms with Gasteiger partial charge in [0.2, 0.25) is 5.95 Å². The third-order valence-electron chi connectivity index (χ3n) is 2.90. The molecule has 3 heterocycles. The largest absolute Gasteiger partial charge is 0.368 e. The number of aromatic nitrogens is 3. The Morgan fingerprint density at radius 1 is 1.21 bits per heavy atom. The second kappa shape index (κ2) is 4.81. The Balaban J connectivity index is 1.95. The van der Waals surface area contributed by atoms with Crippen LogP contribution in [-0.2, 0) is 0 Å². The van der Waals surface area contributed by atoms with Gasteiger partial charge in [0, 0.05) is 12.4 Å². The first-order valence-electron chi connectivity index (χ1n) is 5.91. The van der Waals surface area contributed by atoms with Gasteiger partial charge in [-0.2, -0.15) is 4.98 Å². The zero-order valence-corrected chi connectivity index (χ0v) is 11.2. The third kappa shape index (κ3) is 2.34. The van der Waals surface area contributed by atoms with Crippen LogP contribution in [0.4, 0.5) is 11.8 Å². The molecule has 1 unspecified atom stereocenters. The van der Waals surface area contributed by atoms with E-state index < -0.39 is 0 Å². The Labute approximate surface area is 114 Å². The molecule has 6 heteroatoms. The van der Waals surface area contributed by atoms with Crippen molar-refractivity contribution in [1.82, 2.24) is 15.0 Å². The number of pyridine rings is 1. The summed E-state index contributed by atoms with van der Waals surface area (Å²) in [4.78, 5) is 13.4. The molecule has 0 spiro atoms. The van der Waals surface area contributed by atoms with Crippen molar-refractivity contribution in [3.8, 4) is 0 Å². The van der Waals surface area contributed by atoms with Crippen LogP contribution < -0.4 is 11.1 Å². The highest BCUT2D eigenvalue weighted by atomic mass is 32.1. The Morgan fingerprint density at radius 2 is 2.00 bits per heavy atom. The van der Waals surface area contributed by atoms with Gasteiger partial charge in [-0.15, -0.1) is 11.3 Å². The zero-order chi connectivity index (χ0) is 13.2. The normalized spacial score (nSPS) is 12.5. The molecule has 96 valence electrons. The smallest absolute Gasteiger partial charge is 0.223 e. The minimum absolute atomic E-state index is 0.125. The number of fused-ring (bicyclic) bond motifs is 1. The van der Waals surface area contributed by atoms with E-state index in [-0.39, 0.29) is 6.04 Å². The van der Waals surface area contributed by atoms with E-state index in [4.69, 9.17) is 5.73 Å². The minimum Gasteiger partial charge on any atom is -0.368 e. The van der Waals surface area contributed by atoms with Gasteiger partial charge in [0.25, 0.3) is 0 Å². The van der Waals surface area contributed by atoms with E-state index >= 15 is 0 Å². The number of hydrogen-bond donors (Lipinski definition) is 2. The average molecular weight is 271 g/mol. The average Bonchev–Trinajstić information content (AvgIpc) is 2.88. The van der Waals surface area contributed by atoms with Crippen molar-refractivity contribution in [2.75, 3.05) is 11.1 Å². The van der Waals surface area contributed by atoms with Crippen LogP contribution in [0.1, 0.15) is 18.5 Å². The Kier molecular flexibility index (Phi) is 3.00. The number of rotatable bonds is 3. The quantitative estimate of drug-likeness (QED) is 0.766. The van der Waals surface area contributed by atoms with E-state index in [9.17, 15) is 0 Å². The first kappa shape index (κ1) is 11.9. The van der Waals surface area contributed by atoms with Crippen LogP contribution in [0.5, 0.6) is 0 Å². The van der Waals surface area contributed by atoms with Crippen molar-refractivity contribution in [1.29, 1.82) is 0 Å². The van der Waals surface area contributed by atoms with Crippen LogP contribution in [0, 0.1) is 0 Å². The second-order valence-electron chi connectivity index (χ2n) is 4.22. The van der Waals surface area contributed by atoms with Gasteiger partial charge in [0.1, 0.15) is 10.6 Å². The molecule has 3 aromatic rings. The van der Waals surface area contributed by atoms with Crippen LogP contribution in [0.2, 0.25) is 0 Å². The van der Waals surface area contributed by atoms with Crippen molar-refractivity contribution in [3.63, 3.8) is 0 Å². The van der Waals surface area contributed by atoms with Crippen molar-refractivity contribution in [2.45, 2.75) is 13.0 Å². The highest BCUT2D eigenvalue weighted by molar-refractivity contribution is 7.16. The minimum atomic E-state index is 0.125. The zero-order valence-electron chi connectivity index (χ0n) is 10.4. The van der Waals surface area contributed by atoms with Gasteiger partial charge < -0.3 is 11.1 Å². The standard InChI is InChI=1S/C13H13N5S/c1-8(9-2-5-15-6-3-9)16-11-10-4-7-19-12(10)18-13(14)17-11/h2-8H,1H3,(H3,14,16,17,18). The van der Waals surface area contributed by atoms with E-state index in [0.717, 1.165) is 21.6 Å². The molecule has 0 aromatic carbocycles. The summed E-state index contributed by atoms with van der Waals surface area (Å²) >= 11 is 1.56. The summed E-state index contributed by atoms with van der Waals surface area (Å²) < 4.78 is 0. The number of nitrogen functional groups attached to an aromatic ring is 1. The van der Waals surface area contributed by atoms with Crippen molar-refractivity contribution < 1.29 is 0 Å². The van der Waals surface area contributed by atoms with Gasteiger partial charge in [0.05, 0.1) is 11.4 Å². The van der Waals surface area contributed by atoms with Gasteiger partial charge in [-0.1, -0.05) is 0 Å². The SMILES string of the molecule is CC(Nc1nc(N)nc2sccc12)c1ccncc1. The van der Waals surface area contributed by atoms with E-state index in [2.05, 4.69) is 27.2 Å². The van der Waals surface area contributed by atoms with Crippen molar-refractivity contribution in [2.24, 2.45) is 0 Å². The van der Waals surface area contributed by atoms with Crippen LogP contribution in [0.25, 0.3) is 10.2 Å². The maximum absolute atomic E-state index is 5.73. The molecule has 0 bridgehead atoms. The molecule has 0 radical (unpaired) electrons. The molecule has 0 saturated heterocycles. The topological polar surface area (TPSA) is 76.7 Å². The summed E-state index contributed by atoms with van der Waals surface area (Å²) in [6, 6.07) is 6.08. The summed E-state index contributed by atoms with van der Waals surface area (Å²) in [5.41, 5.74) is 6.88. The number of nitrogens with one attached hydrogen (secondary N) is 1. The molecule has 0 fully saturated rings. The fourth-order valence-electron chi connectivity index (χ4n) is 1.92. The van der Waals surface area contributed by atoms with E-state index in [1.807, 2.05) is 23.6 Å². The molecule has 1 atom stereocenters. The lowest BCUT2D eigenvalue weighted by Crippen LogP contribution is -2.09. The Hall–Kier alpha value is -2.21.